The van der Waals surface area contributed by atoms with Crippen molar-refractivity contribution in [2.45, 2.75) is 46.0 Å². The van der Waals surface area contributed by atoms with E-state index in [1.807, 2.05) is 19.1 Å². The van der Waals surface area contributed by atoms with Crippen molar-refractivity contribution in [3.63, 3.8) is 0 Å². The fourth-order valence-corrected chi connectivity index (χ4v) is 5.20. The van der Waals surface area contributed by atoms with E-state index in [1.165, 1.54) is 21.8 Å². The molecule has 1 aliphatic carbocycles. The Bertz CT molecular complexity index is 1240. The highest BCUT2D eigenvalue weighted by molar-refractivity contribution is 7.14. The van der Waals surface area contributed by atoms with Crippen molar-refractivity contribution >= 4 is 34.1 Å². The van der Waals surface area contributed by atoms with Crippen LogP contribution in [0.4, 0.5) is 0 Å². The van der Waals surface area contributed by atoms with E-state index in [9.17, 15) is 14.4 Å². The molecule has 8 heteroatoms. The van der Waals surface area contributed by atoms with Crippen molar-refractivity contribution in [1.29, 1.82) is 0 Å². The zero-order valence-electron chi connectivity index (χ0n) is 18.4. The lowest BCUT2D eigenvalue weighted by Crippen LogP contribution is -2.41. The molecule has 1 aromatic carbocycles. The molecule has 0 radical (unpaired) electrons. The number of amides is 2. The van der Waals surface area contributed by atoms with Gasteiger partial charge in [0.25, 0.3) is 5.91 Å². The van der Waals surface area contributed by atoms with Crippen LogP contribution < -0.4 is 21.2 Å². The third-order valence-corrected chi connectivity index (χ3v) is 7.20. The summed E-state index contributed by atoms with van der Waals surface area (Å²) in [4.78, 5) is 39.0. The lowest BCUT2D eigenvalue weighted by molar-refractivity contribution is -0.121. The Hall–Kier alpha value is -3.13. The molecule has 0 saturated carbocycles. The first-order valence-corrected chi connectivity index (χ1v) is 11.5. The SMILES string of the molecule is COc1ccc2c(C)c(CCC(=O)NNC(=O)c3cc4c(s3)CCC(C)C4)c(=O)oc2c1. The summed E-state index contributed by atoms with van der Waals surface area (Å²) in [5.74, 6) is 0.539. The second kappa shape index (κ2) is 9.16. The zero-order valence-corrected chi connectivity index (χ0v) is 19.2. The Labute approximate surface area is 189 Å². The molecule has 2 amide bonds. The fourth-order valence-electron chi connectivity index (χ4n) is 4.10. The average molecular weight is 455 g/mol. The van der Waals surface area contributed by atoms with Crippen LogP contribution in [0, 0.1) is 12.8 Å². The fraction of sp³-hybridized carbons (Fsp3) is 0.375. The van der Waals surface area contributed by atoms with E-state index >= 15 is 0 Å². The molecule has 1 atom stereocenters. The van der Waals surface area contributed by atoms with Gasteiger partial charge in [-0.1, -0.05) is 6.92 Å². The third-order valence-electron chi connectivity index (χ3n) is 5.97. The van der Waals surface area contributed by atoms with Gasteiger partial charge in [0.2, 0.25) is 5.91 Å². The second-order valence-corrected chi connectivity index (χ2v) is 9.40. The lowest BCUT2D eigenvalue weighted by atomic mass is 9.90. The van der Waals surface area contributed by atoms with Crippen molar-refractivity contribution in [3.8, 4) is 5.75 Å². The predicted molar refractivity (Wildman–Crippen MR) is 123 cm³/mol. The van der Waals surface area contributed by atoms with Gasteiger partial charge in [-0.3, -0.25) is 20.4 Å². The molecule has 0 saturated heterocycles. The average Bonchev–Trinajstić information content (AvgIpc) is 3.20. The number of nitrogens with one attached hydrogen (secondary N) is 2. The molecule has 2 heterocycles. The highest BCUT2D eigenvalue weighted by Crippen LogP contribution is 2.32. The maximum absolute atomic E-state index is 12.4. The quantitative estimate of drug-likeness (QED) is 0.453. The number of hydrogen-bond acceptors (Lipinski definition) is 6. The Morgan fingerprint density at radius 1 is 1.25 bits per heavy atom. The number of methoxy groups -OCH3 is 1. The molecule has 0 fully saturated rings. The van der Waals surface area contributed by atoms with Gasteiger partial charge >= 0.3 is 5.63 Å². The van der Waals surface area contributed by atoms with E-state index in [0.717, 1.165) is 30.2 Å². The Kier molecular flexibility index (Phi) is 6.32. The van der Waals surface area contributed by atoms with Crippen LogP contribution >= 0.6 is 11.3 Å². The van der Waals surface area contributed by atoms with Gasteiger partial charge in [0.05, 0.1) is 12.0 Å². The van der Waals surface area contributed by atoms with E-state index in [-0.39, 0.29) is 24.7 Å². The van der Waals surface area contributed by atoms with Crippen LogP contribution in [0.25, 0.3) is 11.0 Å². The van der Waals surface area contributed by atoms with Crippen molar-refractivity contribution < 1.29 is 18.7 Å². The molecule has 0 bridgehead atoms. The molecule has 32 heavy (non-hydrogen) atoms. The first kappa shape index (κ1) is 22.1. The van der Waals surface area contributed by atoms with E-state index in [2.05, 4.69) is 17.8 Å². The van der Waals surface area contributed by atoms with E-state index in [4.69, 9.17) is 9.15 Å². The summed E-state index contributed by atoms with van der Waals surface area (Å²) in [6, 6.07) is 7.22. The molecule has 2 aromatic heterocycles. The minimum absolute atomic E-state index is 0.0476. The number of aryl methyl sites for hydroxylation is 2. The van der Waals surface area contributed by atoms with Gasteiger partial charge in [-0.2, -0.15) is 0 Å². The largest absolute Gasteiger partial charge is 0.497 e. The third kappa shape index (κ3) is 4.55. The van der Waals surface area contributed by atoms with Gasteiger partial charge in [-0.25, -0.2) is 4.79 Å². The van der Waals surface area contributed by atoms with Gasteiger partial charge < -0.3 is 9.15 Å². The number of carbonyl (C=O) groups excluding carboxylic acids is 2. The van der Waals surface area contributed by atoms with Crippen molar-refractivity contribution in [2.75, 3.05) is 7.11 Å². The Morgan fingerprint density at radius 3 is 2.84 bits per heavy atom. The normalized spacial score (nSPS) is 15.3. The van der Waals surface area contributed by atoms with Gasteiger partial charge in [0.15, 0.2) is 0 Å². The second-order valence-electron chi connectivity index (χ2n) is 8.26. The van der Waals surface area contributed by atoms with E-state index < -0.39 is 5.63 Å². The van der Waals surface area contributed by atoms with Gasteiger partial charge in [0.1, 0.15) is 11.3 Å². The summed E-state index contributed by atoms with van der Waals surface area (Å²) in [7, 11) is 1.55. The Balaban J connectivity index is 1.36. The van der Waals surface area contributed by atoms with E-state index in [1.54, 1.807) is 19.2 Å². The molecular formula is C24H26N2O5S. The maximum atomic E-state index is 12.4. The smallest absolute Gasteiger partial charge is 0.339 e. The van der Waals surface area contributed by atoms with E-state index in [0.29, 0.717) is 27.7 Å². The molecule has 1 unspecified atom stereocenters. The summed E-state index contributed by atoms with van der Waals surface area (Å²) in [6.45, 7) is 4.05. The number of hydrazine groups is 1. The summed E-state index contributed by atoms with van der Waals surface area (Å²) in [5.41, 5.74) is 7.36. The number of ether oxygens (including phenoxy) is 1. The zero-order chi connectivity index (χ0) is 22.8. The van der Waals surface area contributed by atoms with Crippen molar-refractivity contribution in [2.24, 2.45) is 5.92 Å². The molecule has 2 N–H and O–H groups in total. The predicted octanol–water partition coefficient (Wildman–Crippen LogP) is 3.69. The van der Waals surface area contributed by atoms with Crippen LogP contribution in [0.5, 0.6) is 5.75 Å². The van der Waals surface area contributed by atoms with Crippen LogP contribution in [0.3, 0.4) is 0 Å². The minimum Gasteiger partial charge on any atom is -0.497 e. The summed E-state index contributed by atoms with van der Waals surface area (Å²) in [6.07, 6.45) is 3.39. The summed E-state index contributed by atoms with van der Waals surface area (Å²) >= 11 is 1.49. The number of rotatable bonds is 5. The molecule has 1 aliphatic rings. The van der Waals surface area contributed by atoms with Crippen LogP contribution in [0.2, 0.25) is 0 Å². The van der Waals surface area contributed by atoms with Gasteiger partial charge in [-0.15, -0.1) is 11.3 Å². The number of carbonyl (C=O) groups is 2. The first-order chi connectivity index (χ1) is 15.4. The standard InChI is InChI=1S/C24H26N2O5S/c1-13-4-8-20-15(10-13)11-21(32-20)23(28)26-25-22(27)9-7-18-14(2)17-6-5-16(30-3)12-19(17)31-24(18)29/h5-6,11-13H,4,7-10H2,1-3H3,(H,25,27)(H,26,28). The van der Waals surface area contributed by atoms with Crippen molar-refractivity contribution in [1.82, 2.24) is 10.9 Å². The molecule has 4 rings (SSSR count). The molecule has 3 aromatic rings. The van der Waals surface area contributed by atoms with Crippen molar-refractivity contribution in [3.05, 3.63) is 61.1 Å². The lowest BCUT2D eigenvalue weighted by Gasteiger charge is -2.16. The first-order valence-electron chi connectivity index (χ1n) is 10.7. The minimum atomic E-state index is -0.474. The monoisotopic (exact) mass is 454 g/mol. The molecule has 168 valence electrons. The molecule has 7 nitrogen and oxygen atoms in total. The van der Waals surface area contributed by atoms with Crippen LogP contribution in [0.15, 0.2) is 33.5 Å². The topological polar surface area (TPSA) is 97.6 Å². The maximum Gasteiger partial charge on any atom is 0.339 e. The van der Waals surface area contributed by atoms with Crippen LogP contribution in [-0.2, 0) is 24.1 Å². The van der Waals surface area contributed by atoms with Gasteiger partial charge in [0, 0.05) is 28.3 Å². The molecular weight excluding hydrogens is 428 g/mol. The summed E-state index contributed by atoms with van der Waals surface area (Å²) < 4.78 is 10.6. The molecule has 0 spiro atoms. The highest BCUT2D eigenvalue weighted by Gasteiger charge is 2.21. The Morgan fingerprint density at radius 2 is 2.06 bits per heavy atom. The number of fused-ring (bicyclic) bond motifs is 2. The summed E-state index contributed by atoms with van der Waals surface area (Å²) in [5, 5.41) is 0.796. The molecule has 0 aliphatic heterocycles. The number of benzene rings is 1. The number of hydrogen-bond donors (Lipinski definition) is 2. The van der Waals surface area contributed by atoms with Gasteiger partial charge in [-0.05, 0) is 67.9 Å². The number of thiophene rings is 1. The van der Waals surface area contributed by atoms with Crippen LogP contribution in [-0.4, -0.2) is 18.9 Å². The highest BCUT2D eigenvalue weighted by atomic mass is 32.1. The van der Waals surface area contributed by atoms with Crippen LogP contribution in [0.1, 0.15) is 51.0 Å².